The second-order valence-electron chi connectivity index (χ2n) is 6.68. The summed E-state index contributed by atoms with van der Waals surface area (Å²) in [7, 11) is -8.34. The molecule has 27 heavy (non-hydrogen) atoms. The molecule has 0 N–H and O–H groups in total. The van der Waals surface area contributed by atoms with Gasteiger partial charge in [-0.25, -0.2) is 0 Å². The van der Waals surface area contributed by atoms with Crippen LogP contribution in [0.1, 0.15) is 67.2 Å². The van der Waals surface area contributed by atoms with Crippen LogP contribution in [0.15, 0.2) is 0 Å². The quantitative estimate of drug-likeness (QED) is 0.142. The average Bonchev–Trinajstić information content (AvgIpc) is 2.43. The van der Waals surface area contributed by atoms with Crippen LogP contribution in [0.4, 0.5) is 0 Å². The van der Waals surface area contributed by atoms with Crippen molar-refractivity contribution in [2.75, 3.05) is 13.2 Å². The van der Waals surface area contributed by atoms with E-state index in [4.69, 9.17) is 52.9 Å². The lowest BCUT2D eigenvalue weighted by Gasteiger charge is -2.36. The van der Waals surface area contributed by atoms with Gasteiger partial charge in [0.2, 0.25) is 9.19 Å². The summed E-state index contributed by atoms with van der Waals surface area (Å²) in [4.78, 5) is 0. The lowest BCUT2D eigenvalue weighted by Crippen LogP contribution is -2.31. The molecule has 0 bridgehead atoms. The van der Waals surface area contributed by atoms with E-state index in [2.05, 4.69) is 0 Å². The van der Waals surface area contributed by atoms with Crippen molar-refractivity contribution in [1.29, 1.82) is 0 Å². The molecule has 0 saturated heterocycles. The minimum atomic E-state index is -4.19. The van der Waals surface area contributed by atoms with E-state index in [9.17, 15) is 9.13 Å². The molecule has 0 fully saturated rings. The summed E-state index contributed by atoms with van der Waals surface area (Å²) in [6.07, 6.45) is 1.79. The zero-order valence-electron chi connectivity index (χ0n) is 17.0. The van der Waals surface area contributed by atoms with Gasteiger partial charge in [-0.3, -0.25) is 9.13 Å². The van der Waals surface area contributed by atoms with Crippen molar-refractivity contribution in [2.24, 2.45) is 0 Å². The maximum Gasteiger partial charge on any atom is 0.350 e. The minimum Gasteiger partial charge on any atom is -0.308 e. The Bertz CT molecular complexity index is 483. The zero-order valence-corrected chi connectivity index (χ0v) is 21.0. The molecule has 0 rings (SSSR count). The van der Waals surface area contributed by atoms with Gasteiger partial charge in [0.05, 0.1) is 25.4 Å². The Hall–Kier alpha value is 1.17. The van der Waals surface area contributed by atoms with E-state index in [0.717, 1.165) is 12.8 Å². The van der Waals surface area contributed by atoms with Gasteiger partial charge in [0.25, 0.3) is 0 Å². The van der Waals surface area contributed by atoms with Crippen LogP contribution >= 0.6 is 50.0 Å². The molecule has 0 spiro atoms. The van der Waals surface area contributed by atoms with Gasteiger partial charge in [0, 0.05) is 0 Å². The third kappa shape index (κ3) is 10.2. The summed E-state index contributed by atoms with van der Waals surface area (Å²) in [6.45, 7) is 10.8. The summed E-state index contributed by atoms with van der Waals surface area (Å²) in [5.41, 5.74) is 0. The summed E-state index contributed by atoms with van der Waals surface area (Å²) >= 11 is 18.4. The van der Waals surface area contributed by atoms with Crippen LogP contribution in [0.2, 0.25) is 0 Å². The first-order valence-electron chi connectivity index (χ1n) is 9.24. The molecule has 1 unspecified atom stereocenters. The molecule has 0 saturated carbocycles. The largest absolute Gasteiger partial charge is 0.350 e. The third-order valence-corrected chi connectivity index (χ3v) is 10.9. The van der Waals surface area contributed by atoms with E-state index >= 15 is 0 Å². The number of unbranched alkanes of at least 4 members (excludes halogenated alkanes) is 2. The Kier molecular flexibility index (Phi) is 13.3. The number of halogens is 3. The Morgan fingerprint density at radius 1 is 0.778 bits per heavy atom. The normalized spacial score (nSPS) is 14.9. The van der Waals surface area contributed by atoms with Crippen LogP contribution in [0.25, 0.3) is 0 Å². The van der Waals surface area contributed by atoms with E-state index in [0.29, 0.717) is 12.8 Å². The molecule has 11 heteroatoms. The van der Waals surface area contributed by atoms with Crippen LogP contribution in [0.3, 0.4) is 0 Å². The highest BCUT2D eigenvalue weighted by Gasteiger charge is 2.61. The molecule has 0 amide bonds. The average molecular weight is 490 g/mol. The molecule has 0 aromatic heterocycles. The highest BCUT2D eigenvalue weighted by atomic mass is 35.6. The topological polar surface area (TPSA) is 71.1 Å². The Morgan fingerprint density at radius 2 is 1.15 bits per heavy atom. The third-order valence-electron chi connectivity index (χ3n) is 3.15. The van der Waals surface area contributed by atoms with Crippen LogP contribution in [-0.2, 0) is 27.2 Å². The molecule has 6 nitrogen and oxygen atoms in total. The van der Waals surface area contributed by atoms with Gasteiger partial charge in [0.15, 0.2) is 0 Å². The second-order valence-corrected chi connectivity index (χ2v) is 13.6. The van der Waals surface area contributed by atoms with E-state index in [1.807, 2.05) is 13.8 Å². The first-order valence-corrected chi connectivity index (χ1v) is 13.6. The van der Waals surface area contributed by atoms with Gasteiger partial charge in [-0.15, -0.1) is 0 Å². The lowest BCUT2D eigenvalue weighted by molar-refractivity contribution is 0.135. The van der Waals surface area contributed by atoms with Gasteiger partial charge >= 0.3 is 15.2 Å². The van der Waals surface area contributed by atoms with Crippen LogP contribution < -0.4 is 0 Å². The van der Waals surface area contributed by atoms with Crippen molar-refractivity contribution in [3.8, 4) is 0 Å². The van der Waals surface area contributed by atoms with Crippen LogP contribution in [-0.4, -0.2) is 34.6 Å². The van der Waals surface area contributed by atoms with Gasteiger partial charge in [-0.1, -0.05) is 61.5 Å². The maximum atomic E-state index is 13.7. The lowest BCUT2D eigenvalue weighted by atomic mass is 10.4. The maximum absolute atomic E-state index is 13.7. The van der Waals surface area contributed by atoms with Crippen molar-refractivity contribution in [3.63, 3.8) is 0 Å². The number of hydrogen-bond donors (Lipinski definition) is 0. The van der Waals surface area contributed by atoms with E-state index in [1.165, 1.54) is 0 Å². The van der Waals surface area contributed by atoms with Gasteiger partial charge in [-0.2, -0.15) is 0 Å². The SMILES string of the molecule is CCCCOP(=O)(OCCCC)C(C(Cl)(Cl)Cl)P(=O)(OC(C)C)OC(C)C. The molecule has 0 radical (unpaired) electrons. The molecule has 0 aromatic rings. The van der Waals surface area contributed by atoms with Gasteiger partial charge < -0.3 is 18.1 Å². The molecular weight excluding hydrogens is 456 g/mol. The van der Waals surface area contributed by atoms with Gasteiger partial charge in [-0.05, 0) is 40.5 Å². The molecule has 0 aliphatic heterocycles. The summed E-state index contributed by atoms with van der Waals surface area (Å²) in [5.74, 6) is 0. The van der Waals surface area contributed by atoms with Crippen LogP contribution in [0, 0.1) is 0 Å². The van der Waals surface area contributed by atoms with Crippen molar-refractivity contribution in [1.82, 2.24) is 0 Å². The van der Waals surface area contributed by atoms with E-state index < -0.39 is 36.6 Å². The molecular formula is C16H33Cl3O6P2. The standard InChI is InChI=1S/C16H33Cl3O6P2/c1-7-9-11-22-26(20,23-12-10-8-2)15(16(17,18)19)27(21,24-13(3)4)25-14(5)6/h13-15H,7-12H2,1-6H3. The first kappa shape index (κ1) is 28.2. The minimum absolute atomic E-state index is 0.112. The summed E-state index contributed by atoms with van der Waals surface area (Å²) < 4.78 is 47.3. The highest BCUT2D eigenvalue weighted by Crippen LogP contribution is 2.76. The fourth-order valence-corrected chi connectivity index (χ4v) is 9.67. The van der Waals surface area contributed by atoms with Crippen LogP contribution in [0.5, 0.6) is 0 Å². The Morgan fingerprint density at radius 3 is 1.41 bits per heavy atom. The number of alkyl halides is 3. The Balaban J connectivity index is 6.14. The zero-order chi connectivity index (χ0) is 21.3. The van der Waals surface area contributed by atoms with Crippen molar-refractivity contribution in [2.45, 2.75) is 88.6 Å². The number of hydrogen-bond acceptors (Lipinski definition) is 6. The van der Waals surface area contributed by atoms with E-state index in [1.54, 1.807) is 27.7 Å². The van der Waals surface area contributed by atoms with Crippen molar-refractivity contribution < 1.29 is 27.2 Å². The second kappa shape index (κ2) is 12.8. The molecule has 1 atom stereocenters. The fraction of sp³-hybridized carbons (Fsp3) is 1.00. The van der Waals surface area contributed by atoms with Crippen molar-refractivity contribution >= 4 is 50.0 Å². The molecule has 0 aliphatic rings. The van der Waals surface area contributed by atoms with E-state index in [-0.39, 0.29) is 13.2 Å². The smallest absolute Gasteiger partial charge is 0.308 e. The molecule has 0 aliphatic carbocycles. The van der Waals surface area contributed by atoms with Gasteiger partial charge in [0.1, 0.15) is 0 Å². The molecule has 0 aromatic carbocycles. The molecule has 0 heterocycles. The predicted octanol–water partition coefficient (Wildman–Crippen LogP) is 7.55. The molecule has 164 valence electrons. The fourth-order valence-electron chi connectivity index (χ4n) is 2.11. The monoisotopic (exact) mass is 488 g/mol. The first-order chi connectivity index (χ1) is 12.3. The number of rotatable bonds is 14. The summed E-state index contributed by atoms with van der Waals surface area (Å²) in [6, 6.07) is 0. The Labute approximate surface area is 179 Å². The van der Waals surface area contributed by atoms with Crippen molar-refractivity contribution in [3.05, 3.63) is 0 Å². The predicted molar refractivity (Wildman–Crippen MR) is 113 cm³/mol. The summed E-state index contributed by atoms with van der Waals surface area (Å²) in [5, 5.41) is -1.71. The highest BCUT2D eigenvalue weighted by molar-refractivity contribution is 7.73.